The molecule has 0 saturated carbocycles. The Hall–Kier alpha value is -1.88. The first-order chi connectivity index (χ1) is 9.60. The molecular formula is C15H20N2O3. The molecule has 1 aromatic rings. The van der Waals surface area contributed by atoms with Crippen molar-refractivity contribution in [3.05, 3.63) is 23.8 Å². The van der Waals surface area contributed by atoms with E-state index in [-0.39, 0.29) is 18.2 Å². The lowest BCUT2D eigenvalue weighted by Crippen LogP contribution is -2.16. The van der Waals surface area contributed by atoms with Crippen LogP contribution in [-0.4, -0.2) is 16.9 Å². The van der Waals surface area contributed by atoms with Gasteiger partial charge in [0.1, 0.15) is 6.42 Å². The molecule has 1 heterocycles. The molecule has 0 radical (unpaired) electrons. The number of hydrogen-bond acceptors (Lipinski definition) is 3. The van der Waals surface area contributed by atoms with Gasteiger partial charge in [-0.15, -0.1) is 0 Å². The van der Waals surface area contributed by atoms with Crippen molar-refractivity contribution in [1.82, 2.24) is 0 Å². The minimum atomic E-state index is -0.539. The highest BCUT2D eigenvalue weighted by Gasteiger charge is 2.19. The van der Waals surface area contributed by atoms with Crippen molar-refractivity contribution in [2.24, 2.45) is 0 Å². The average molecular weight is 276 g/mol. The number of benzene rings is 1. The second-order valence-electron chi connectivity index (χ2n) is 5.09. The van der Waals surface area contributed by atoms with E-state index in [1.807, 2.05) is 0 Å². The molecule has 1 atom stereocenters. The molecule has 3 N–H and O–H groups in total. The van der Waals surface area contributed by atoms with E-state index in [4.69, 9.17) is 0 Å². The fourth-order valence-electron chi connectivity index (χ4n) is 2.27. The van der Waals surface area contributed by atoms with Gasteiger partial charge < -0.3 is 15.7 Å². The summed E-state index contributed by atoms with van der Waals surface area (Å²) in [6, 6.07) is 5.24. The second-order valence-corrected chi connectivity index (χ2v) is 5.09. The lowest BCUT2D eigenvalue weighted by molar-refractivity contribution is -0.123. The van der Waals surface area contributed by atoms with Crippen molar-refractivity contribution in [1.29, 1.82) is 0 Å². The third-order valence-corrected chi connectivity index (χ3v) is 3.38. The summed E-state index contributed by atoms with van der Waals surface area (Å²) in [6.07, 6.45) is 3.16. The lowest BCUT2D eigenvalue weighted by atomic mass is 10.0. The number of carbonyl (C=O) groups is 2. The zero-order valence-electron chi connectivity index (χ0n) is 11.6. The standard InChI is InChI=1S/C15H20N2O3/c1-2-3-4-5-13(18)10-6-7-11-12(8-10)17-15(20)9-14(19)16-11/h6-8,13,18H,2-5,9H2,1H3,(H,16,19)(H,17,20). The number of aliphatic hydroxyl groups excluding tert-OH is 1. The van der Waals surface area contributed by atoms with Gasteiger partial charge in [0, 0.05) is 0 Å². The van der Waals surface area contributed by atoms with Gasteiger partial charge in [-0.3, -0.25) is 9.59 Å². The molecule has 1 aliphatic rings. The summed E-state index contributed by atoms with van der Waals surface area (Å²) in [5, 5.41) is 15.5. The van der Waals surface area contributed by atoms with Crippen molar-refractivity contribution in [3.63, 3.8) is 0 Å². The van der Waals surface area contributed by atoms with E-state index < -0.39 is 6.10 Å². The van der Waals surface area contributed by atoms with E-state index in [1.165, 1.54) is 0 Å². The molecule has 2 amide bonds. The van der Waals surface area contributed by atoms with E-state index >= 15 is 0 Å². The molecule has 5 heteroatoms. The fraction of sp³-hybridized carbons (Fsp3) is 0.467. The number of hydrogen-bond donors (Lipinski definition) is 3. The zero-order valence-corrected chi connectivity index (χ0v) is 11.6. The van der Waals surface area contributed by atoms with Crippen LogP contribution in [0.1, 0.15) is 50.7 Å². The third-order valence-electron chi connectivity index (χ3n) is 3.38. The molecular weight excluding hydrogens is 256 g/mol. The summed E-state index contributed by atoms with van der Waals surface area (Å²) < 4.78 is 0. The van der Waals surface area contributed by atoms with Crippen molar-refractivity contribution in [2.45, 2.75) is 45.1 Å². The minimum absolute atomic E-state index is 0.178. The van der Waals surface area contributed by atoms with E-state index in [0.29, 0.717) is 17.8 Å². The molecule has 1 unspecified atom stereocenters. The number of unbranched alkanes of at least 4 members (excludes halogenated alkanes) is 2. The molecule has 0 aromatic heterocycles. The van der Waals surface area contributed by atoms with E-state index in [1.54, 1.807) is 18.2 Å². The molecule has 0 saturated heterocycles. The maximum Gasteiger partial charge on any atom is 0.233 e. The van der Waals surface area contributed by atoms with Crippen molar-refractivity contribution < 1.29 is 14.7 Å². The van der Waals surface area contributed by atoms with E-state index in [2.05, 4.69) is 17.6 Å². The van der Waals surface area contributed by atoms with Crippen LogP contribution in [0.4, 0.5) is 11.4 Å². The summed E-state index contributed by atoms with van der Waals surface area (Å²) in [5.74, 6) is -0.656. The molecule has 0 bridgehead atoms. The molecule has 2 rings (SSSR count). The maximum absolute atomic E-state index is 11.5. The highest BCUT2D eigenvalue weighted by molar-refractivity contribution is 6.13. The Labute approximate surface area is 118 Å². The third kappa shape index (κ3) is 3.57. The largest absolute Gasteiger partial charge is 0.388 e. The quantitative estimate of drug-likeness (QED) is 0.571. The second kappa shape index (κ2) is 6.52. The van der Waals surface area contributed by atoms with Crippen LogP contribution in [0.5, 0.6) is 0 Å². The van der Waals surface area contributed by atoms with Crippen LogP contribution in [0.3, 0.4) is 0 Å². The topological polar surface area (TPSA) is 78.4 Å². The monoisotopic (exact) mass is 276 g/mol. The van der Waals surface area contributed by atoms with Crippen LogP contribution in [0.25, 0.3) is 0 Å². The molecule has 1 aliphatic heterocycles. The van der Waals surface area contributed by atoms with Crippen LogP contribution in [0.15, 0.2) is 18.2 Å². The van der Waals surface area contributed by atoms with Gasteiger partial charge in [-0.2, -0.15) is 0 Å². The Morgan fingerprint density at radius 3 is 2.55 bits per heavy atom. The Balaban J connectivity index is 2.14. The Kier molecular flexibility index (Phi) is 4.74. The number of carbonyl (C=O) groups excluding carboxylic acids is 2. The zero-order chi connectivity index (χ0) is 14.5. The van der Waals surface area contributed by atoms with Crippen molar-refractivity contribution >= 4 is 23.2 Å². The molecule has 1 aromatic carbocycles. The highest BCUT2D eigenvalue weighted by Crippen LogP contribution is 2.30. The average Bonchev–Trinajstić information content (AvgIpc) is 2.54. The summed E-state index contributed by atoms with van der Waals surface area (Å²) in [7, 11) is 0. The Bertz CT molecular complexity index is 514. The molecule has 0 fully saturated rings. The van der Waals surface area contributed by atoms with Gasteiger partial charge in [0.2, 0.25) is 11.8 Å². The van der Waals surface area contributed by atoms with Gasteiger partial charge in [0.05, 0.1) is 17.5 Å². The molecule has 5 nitrogen and oxygen atoms in total. The van der Waals surface area contributed by atoms with Gasteiger partial charge in [0.25, 0.3) is 0 Å². The summed E-state index contributed by atoms with van der Waals surface area (Å²) in [6.45, 7) is 2.12. The Morgan fingerprint density at radius 1 is 1.15 bits per heavy atom. The molecule has 108 valence electrons. The first kappa shape index (κ1) is 14.5. The summed E-state index contributed by atoms with van der Waals surface area (Å²) in [5.41, 5.74) is 1.88. The van der Waals surface area contributed by atoms with Crippen LogP contribution in [0.2, 0.25) is 0 Å². The van der Waals surface area contributed by atoms with Gasteiger partial charge in [0.15, 0.2) is 0 Å². The van der Waals surface area contributed by atoms with Crippen molar-refractivity contribution in [3.8, 4) is 0 Å². The number of rotatable bonds is 5. The number of aliphatic hydroxyl groups is 1. The van der Waals surface area contributed by atoms with Gasteiger partial charge in [-0.1, -0.05) is 32.3 Å². The predicted molar refractivity (Wildman–Crippen MR) is 77.4 cm³/mol. The first-order valence-electron chi connectivity index (χ1n) is 7.02. The summed E-state index contributed by atoms with van der Waals surface area (Å²) >= 11 is 0. The van der Waals surface area contributed by atoms with Crippen molar-refractivity contribution in [2.75, 3.05) is 10.6 Å². The molecule has 0 spiro atoms. The summed E-state index contributed by atoms with van der Waals surface area (Å²) in [4.78, 5) is 22.9. The van der Waals surface area contributed by atoms with Gasteiger partial charge in [-0.25, -0.2) is 0 Å². The van der Waals surface area contributed by atoms with Gasteiger partial charge in [-0.05, 0) is 24.1 Å². The number of anilines is 2. The minimum Gasteiger partial charge on any atom is -0.388 e. The fourth-order valence-corrected chi connectivity index (χ4v) is 2.27. The van der Waals surface area contributed by atoms with Crippen LogP contribution >= 0.6 is 0 Å². The van der Waals surface area contributed by atoms with Crippen LogP contribution in [-0.2, 0) is 9.59 Å². The highest BCUT2D eigenvalue weighted by atomic mass is 16.3. The molecule has 0 aliphatic carbocycles. The van der Waals surface area contributed by atoms with E-state index in [0.717, 1.165) is 24.8 Å². The van der Waals surface area contributed by atoms with Crippen LogP contribution < -0.4 is 10.6 Å². The number of fused-ring (bicyclic) bond motifs is 1. The number of amides is 2. The Morgan fingerprint density at radius 2 is 1.85 bits per heavy atom. The maximum atomic E-state index is 11.5. The number of nitrogens with one attached hydrogen (secondary N) is 2. The van der Waals surface area contributed by atoms with Gasteiger partial charge >= 0.3 is 0 Å². The molecule has 20 heavy (non-hydrogen) atoms. The van der Waals surface area contributed by atoms with Crippen LogP contribution in [0, 0.1) is 0 Å². The lowest BCUT2D eigenvalue weighted by Gasteiger charge is -2.14. The predicted octanol–water partition coefficient (Wildman–Crippen LogP) is 2.58. The SMILES string of the molecule is CCCCCC(O)c1ccc2c(c1)NC(=O)CC(=O)N2. The first-order valence-corrected chi connectivity index (χ1v) is 7.02. The van der Waals surface area contributed by atoms with E-state index in [9.17, 15) is 14.7 Å². The normalized spacial score (nSPS) is 15.9. The smallest absolute Gasteiger partial charge is 0.233 e.